The minimum Gasteiger partial charge on any atom is -0.497 e. The predicted octanol–water partition coefficient (Wildman–Crippen LogP) is 3.54. The van der Waals surface area contributed by atoms with Crippen molar-refractivity contribution < 1.29 is 27.4 Å². The standard InChI is InChI=1S/C23H28N2O6S/c1-29-18-13-17(14-19(15-18)30-2)7-10-23(26)24-21-16-20(8-9-22(21)31-3)32(27,28)25-11-5-4-6-12-25/h7-10,13-16H,4-6,11-12H2,1-3H3,(H,24,26)/b10-7+. The van der Waals surface area contributed by atoms with Crippen molar-refractivity contribution in [2.45, 2.75) is 24.2 Å². The molecule has 1 N–H and O–H groups in total. The van der Waals surface area contributed by atoms with Crippen LogP contribution in [0.2, 0.25) is 0 Å². The average molecular weight is 461 g/mol. The van der Waals surface area contributed by atoms with Gasteiger partial charge in [-0.15, -0.1) is 0 Å². The number of ether oxygens (including phenoxy) is 3. The van der Waals surface area contributed by atoms with Crippen LogP contribution >= 0.6 is 0 Å². The van der Waals surface area contributed by atoms with Crippen LogP contribution in [0.3, 0.4) is 0 Å². The Morgan fingerprint density at radius 1 is 0.938 bits per heavy atom. The number of carbonyl (C=O) groups excluding carboxylic acids is 1. The molecule has 8 nitrogen and oxygen atoms in total. The average Bonchev–Trinajstić information content (AvgIpc) is 2.82. The lowest BCUT2D eigenvalue weighted by Crippen LogP contribution is -2.35. The van der Waals surface area contributed by atoms with E-state index < -0.39 is 15.9 Å². The van der Waals surface area contributed by atoms with E-state index in [1.807, 2.05) is 0 Å². The predicted molar refractivity (Wildman–Crippen MR) is 123 cm³/mol. The molecule has 1 fully saturated rings. The van der Waals surface area contributed by atoms with Gasteiger partial charge in [-0.05, 0) is 54.8 Å². The Morgan fingerprint density at radius 2 is 1.59 bits per heavy atom. The molecule has 1 saturated heterocycles. The van der Waals surface area contributed by atoms with E-state index in [4.69, 9.17) is 14.2 Å². The number of methoxy groups -OCH3 is 3. The molecule has 172 valence electrons. The molecular weight excluding hydrogens is 432 g/mol. The van der Waals surface area contributed by atoms with Crippen molar-refractivity contribution in [3.05, 3.63) is 48.0 Å². The van der Waals surface area contributed by atoms with Crippen LogP contribution in [-0.2, 0) is 14.8 Å². The zero-order chi connectivity index (χ0) is 23.1. The fraction of sp³-hybridized carbons (Fsp3) is 0.348. The zero-order valence-electron chi connectivity index (χ0n) is 18.5. The molecule has 0 aliphatic carbocycles. The lowest BCUT2D eigenvalue weighted by molar-refractivity contribution is -0.111. The molecule has 1 amide bonds. The second kappa shape index (κ2) is 10.5. The Morgan fingerprint density at radius 3 is 2.19 bits per heavy atom. The third-order valence-corrected chi connectivity index (χ3v) is 7.08. The molecule has 9 heteroatoms. The Bertz CT molecular complexity index is 1070. The summed E-state index contributed by atoms with van der Waals surface area (Å²) in [6.07, 6.45) is 5.68. The van der Waals surface area contributed by atoms with E-state index >= 15 is 0 Å². The van der Waals surface area contributed by atoms with Crippen molar-refractivity contribution in [3.8, 4) is 17.2 Å². The number of nitrogens with one attached hydrogen (secondary N) is 1. The number of rotatable bonds is 8. The van der Waals surface area contributed by atoms with Gasteiger partial charge in [0, 0.05) is 25.2 Å². The zero-order valence-corrected chi connectivity index (χ0v) is 19.3. The van der Waals surface area contributed by atoms with E-state index in [-0.39, 0.29) is 10.6 Å². The Labute approximate surface area is 188 Å². The number of benzene rings is 2. The fourth-order valence-corrected chi connectivity index (χ4v) is 5.02. The van der Waals surface area contributed by atoms with Gasteiger partial charge in [-0.2, -0.15) is 4.31 Å². The molecule has 0 radical (unpaired) electrons. The monoisotopic (exact) mass is 460 g/mol. The maximum atomic E-state index is 13.0. The van der Waals surface area contributed by atoms with Gasteiger partial charge in [-0.25, -0.2) is 8.42 Å². The summed E-state index contributed by atoms with van der Waals surface area (Å²) in [6, 6.07) is 9.73. The smallest absolute Gasteiger partial charge is 0.248 e. The molecule has 1 heterocycles. The maximum Gasteiger partial charge on any atom is 0.248 e. The van der Waals surface area contributed by atoms with Gasteiger partial charge in [0.15, 0.2) is 0 Å². The van der Waals surface area contributed by atoms with Crippen molar-refractivity contribution in [1.82, 2.24) is 4.31 Å². The normalized spacial score (nSPS) is 14.8. The number of anilines is 1. The summed E-state index contributed by atoms with van der Waals surface area (Å²) in [5.41, 5.74) is 0.994. The van der Waals surface area contributed by atoms with Crippen LogP contribution in [0.25, 0.3) is 6.08 Å². The van der Waals surface area contributed by atoms with E-state index in [1.54, 1.807) is 44.6 Å². The van der Waals surface area contributed by atoms with Crippen LogP contribution in [0.1, 0.15) is 24.8 Å². The number of piperidine rings is 1. The highest BCUT2D eigenvalue weighted by Gasteiger charge is 2.26. The van der Waals surface area contributed by atoms with Crippen molar-refractivity contribution in [3.63, 3.8) is 0 Å². The summed E-state index contributed by atoms with van der Waals surface area (Å²) in [7, 11) is 0.921. The summed E-state index contributed by atoms with van der Waals surface area (Å²) in [5, 5.41) is 2.71. The van der Waals surface area contributed by atoms with Crippen LogP contribution < -0.4 is 19.5 Å². The van der Waals surface area contributed by atoms with Crippen LogP contribution in [0, 0.1) is 0 Å². The van der Waals surface area contributed by atoms with E-state index in [9.17, 15) is 13.2 Å². The summed E-state index contributed by atoms with van der Waals surface area (Å²) in [6.45, 7) is 1.01. The molecule has 2 aromatic carbocycles. The highest BCUT2D eigenvalue weighted by atomic mass is 32.2. The topological polar surface area (TPSA) is 94.2 Å². The number of hydrogen-bond donors (Lipinski definition) is 1. The molecule has 2 aromatic rings. The SMILES string of the molecule is COc1cc(/C=C/C(=O)Nc2cc(S(=O)(=O)N3CCCCC3)ccc2OC)cc(OC)c1. The van der Waals surface area contributed by atoms with Gasteiger partial charge in [-0.1, -0.05) is 6.42 Å². The third kappa shape index (κ3) is 5.60. The minimum atomic E-state index is -3.64. The first-order valence-electron chi connectivity index (χ1n) is 10.3. The highest BCUT2D eigenvalue weighted by Crippen LogP contribution is 2.30. The number of carbonyl (C=O) groups is 1. The molecule has 0 bridgehead atoms. The summed E-state index contributed by atoms with van der Waals surface area (Å²) < 4.78 is 43.2. The lowest BCUT2D eigenvalue weighted by Gasteiger charge is -2.26. The molecule has 0 saturated carbocycles. The lowest BCUT2D eigenvalue weighted by atomic mass is 10.2. The molecule has 1 aliphatic heterocycles. The third-order valence-electron chi connectivity index (χ3n) is 5.18. The first-order valence-corrected chi connectivity index (χ1v) is 11.7. The van der Waals surface area contributed by atoms with E-state index in [2.05, 4.69) is 5.32 Å². The van der Waals surface area contributed by atoms with Crippen LogP contribution in [-0.4, -0.2) is 53.0 Å². The van der Waals surface area contributed by atoms with E-state index in [1.165, 1.54) is 29.6 Å². The van der Waals surface area contributed by atoms with Gasteiger partial charge in [0.25, 0.3) is 0 Å². The molecule has 3 rings (SSSR count). The Balaban J connectivity index is 1.81. The molecule has 0 aromatic heterocycles. The van der Waals surface area contributed by atoms with Crippen LogP contribution in [0.15, 0.2) is 47.4 Å². The first kappa shape index (κ1) is 23.6. The van der Waals surface area contributed by atoms with Crippen molar-refractivity contribution >= 4 is 27.7 Å². The summed E-state index contributed by atoms with van der Waals surface area (Å²) in [4.78, 5) is 12.7. The summed E-state index contributed by atoms with van der Waals surface area (Å²) >= 11 is 0. The largest absolute Gasteiger partial charge is 0.497 e. The van der Waals surface area contributed by atoms with Crippen LogP contribution in [0.5, 0.6) is 17.2 Å². The maximum absolute atomic E-state index is 13.0. The quantitative estimate of drug-likeness (QED) is 0.606. The molecule has 0 spiro atoms. The fourth-order valence-electron chi connectivity index (χ4n) is 3.47. The molecular formula is C23H28N2O6S. The van der Waals surface area contributed by atoms with Gasteiger partial charge < -0.3 is 19.5 Å². The van der Waals surface area contributed by atoms with Crippen molar-refractivity contribution in [2.75, 3.05) is 39.7 Å². The number of nitrogens with zero attached hydrogens (tertiary/aromatic N) is 1. The number of sulfonamides is 1. The summed E-state index contributed by atoms with van der Waals surface area (Å²) in [5.74, 6) is 1.13. The molecule has 1 aliphatic rings. The van der Waals surface area contributed by atoms with Gasteiger partial charge >= 0.3 is 0 Å². The Kier molecular flexibility index (Phi) is 7.76. The highest BCUT2D eigenvalue weighted by molar-refractivity contribution is 7.89. The molecule has 32 heavy (non-hydrogen) atoms. The molecule has 0 atom stereocenters. The van der Waals surface area contributed by atoms with E-state index in [0.717, 1.165) is 19.3 Å². The molecule has 0 unspecified atom stereocenters. The van der Waals surface area contributed by atoms with Crippen molar-refractivity contribution in [1.29, 1.82) is 0 Å². The van der Waals surface area contributed by atoms with Crippen LogP contribution in [0.4, 0.5) is 5.69 Å². The van der Waals surface area contributed by atoms with E-state index in [0.29, 0.717) is 35.9 Å². The van der Waals surface area contributed by atoms with Gasteiger partial charge in [0.1, 0.15) is 17.2 Å². The first-order chi connectivity index (χ1) is 15.4. The van der Waals surface area contributed by atoms with Gasteiger partial charge in [0.05, 0.1) is 31.9 Å². The second-order valence-corrected chi connectivity index (χ2v) is 9.23. The number of amides is 1. The number of hydrogen-bond acceptors (Lipinski definition) is 6. The van der Waals surface area contributed by atoms with Gasteiger partial charge in [-0.3, -0.25) is 4.79 Å². The van der Waals surface area contributed by atoms with Gasteiger partial charge in [0.2, 0.25) is 15.9 Å². The second-order valence-electron chi connectivity index (χ2n) is 7.30. The Hall–Kier alpha value is -3.04. The minimum absolute atomic E-state index is 0.122. The van der Waals surface area contributed by atoms with Crippen molar-refractivity contribution in [2.24, 2.45) is 0 Å².